The predicted octanol–water partition coefficient (Wildman–Crippen LogP) is 1.15. The average Bonchev–Trinajstić information content (AvgIpc) is 3.23. The molecule has 0 atom stereocenters. The zero-order chi connectivity index (χ0) is 18.8. The van der Waals surface area contributed by atoms with E-state index in [9.17, 15) is 9.18 Å². The molecule has 9 nitrogen and oxygen atoms in total. The van der Waals surface area contributed by atoms with Crippen LogP contribution in [-0.2, 0) is 13.7 Å². The van der Waals surface area contributed by atoms with E-state index in [2.05, 4.69) is 25.8 Å². The largest absolute Gasteiger partial charge is 0.291 e. The number of rotatable bonds is 5. The molecule has 0 aromatic carbocycles. The van der Waals surface area contributed by atoms with Crippen molar-refractivity contribution in [1.29, 1.82) is 0 Å². The van der Waals surface area contributed by atoms with Crippen LogP contribution in [0, 0.1) is 26.7 Å². The first-order valence-corrected chi connectivity index (χ1v) is 7.92. The number of carbonyl (C=O) groups excluding carboxylic acids is 1. The van der Waals surface area contributed by atoms with E-state index in [0.29, 0.717) is 12.4 Å². The van der Waals surface area contributed by atoms with Crippen molar-refractivity contribution in [1.82, 2.24) is 34.8 Å². The summed E-state index contributed by atoms with van der Waals surface area (Å²) in [6.07, 6.45) is 2.91. The number of carbonyl (C=O) groups is 1. The second kappa shape index (κ2) is 6.90. The number of aromatic nitrogens is 6. The summed E-state index contributed by atoms with van der Waals surface area (Å²) >= 11 is 0. The summed E-state index contributed by atoms with van der Waals surface area (Å²) in [5.41, 5.74) is 5.16. The lowest BCUT2D eigenvalue weighted by atomic mass is 10.3. The van der Waals surface area contributed by atoms with Gasteiger partial charge in [0.25, 0.3) is 5.91 Å². The van der Waals surface area contributed by atoms with Crippen LogP contribution in [0.4, 0.5) is 4.39 Å². The van der Waals surface area contributed by atoms with Crippen LogP contribution in [0.3, 0.4) is 0 Å². The molecule has 3 aromatic rings. The van der Waals surface area contributed by atoms with Crippen molar-refractivity contribution in [3.05, 3.63) is 52.6 Å². The van der Waals surface area contributed by atoms with E-state index < -0.39 is 11.9 Å². The standard InChI is InChI=1S/C16H19FN8O/c1-10-7-11(2)25(20-10)9-24-6-5-14(22-24)16(26)19-18-8-13-12(3)21-23(4)15(13)17/h5-8H,9H2,1-4H3,(H,19,26)/b18-8-. The van der Waals surface area contributed by atoms with E-state index in [1.807, 2.05) is 19.9 Å². The Labute approximate surface area is 149 Å². The Morgan fingerprint density at radius 1 is 1.31 bits per heavy atom. The highest BCUT2D eigenvalue weighted by Crippen LogP contribution is 2.08. The lowest BCUT2D eigenvalue weighted by molar-refractivity contribution is 0.0949. The van der Waals surface area contributed by atoms with Gasteiger partial charge in [0.15, 0.2) is 5.69 Å². The molecule has 0 unspecified atom stereocenters. The SMILES string of the molecule is Cc1cc(C)n(Cn2ccc(C(=O)N/N=C\c3c(C)nn(C)c3F)n2)n1. The van der Waals surface area contributed by atoms with Crippen LogP contribution in [0.5, 0.6) is 0 Å². The molecule has 26 heavy (non-hydrogen) atoms. The van der Waals surface area contributed by atoms with Gasteiger partial charge in [-0.25, -0.2) is 14.8 Å². The van der Waals surface area contributed by atoms with Gasteiger partial charge < -0.3 is 0 Å². The van der Waals surface area contributed by atoms with Gasteiger partial charge in [-0.1, -0.05) is 0 Å². The van der Waals surface area contributed by atoms with E-state index in [1.54, 1.807) is 28.6 Å². The highest BCUT2D eigenvalue weighted by Gasteiger charge is 2.12. The fraction of sp³-hybridized carbons (Fsp3) is 0.312. The zero-order valence-electron chi connectivity index (χ0n) is 14.9. The van der Waals surface area contributed by atoms with Crippen molar-refractivity contribution in [3.63, 3.8) is 0 Å². The summed E-state index contributed by atoms with van der Waals surface area (Å²) in [5.74, 6) is -1.01. The molecule has 136 valence electrons. The van der Waals surface area contributed by atoms with Crippen LogP contribution in [0.1, 0.15) is 33.1 Å². The summed E-state index contributed by atoms with van der Waals surface area (Å²) < 4.78 is 18.3. The first-order chi connectivity index (χ1) is 12.3. The molecule has 0 radical (unpaired) electrons. The van der Waals surface area contributed by atoms with Gasteiger partial charge in [0.2, 0.25) is 5.95 Å². The van der Waals surface area contributed by atoms with Crippen LogP contribution >= 0.6 is 0 Å². The van der Waals surface area contributed by atoms with Crippen molar-refractivity contribution in [2.45, 2.75) is 27.4 Å². The lowest BCUT2D eigenvalue weighted by Crippen LogP contribution is -2.19. The fourth-order valence-electron chi connectivity index (χ4n) is 2.52. The van der Waals surface area contributed by atoms with Crippen LogP contribution in [0.2, 0.25) is 0 Å². The smallest absolute Gasteiger partial charge is 0.265 e. The van der Waals surface area contributed by atoms with Crippen LogP contribution in [0.25, 0.3) is 0 Å². The Morgan fingerprint density at radius 2 is 2.08 bits per heavy atom. The summed E-state index contributed by atoms with van der Waals surface area (Å²) in [6, 6.07) is 3.54. The number of hydrogen-bond donors (Lipinski definition) is 1. The van der Waals surface area contributed by atoms with Crippen LogP contribution in [-0.4, -0.2) is 41.5 Å². The maximum absolute atomic E-state index is 13.8. The third-order valence-corrected chi connectivity index (χ3v) is 3.81. The Kier molecular flexibility index (Phi) is 4.65. The molecule has 0 aliphatic heterocycles. The Morgan fingerprint density at radius 3 is 2.69 bits per heavy atom. The molecule has 0 bridgehead atoms. The number of halogens is 1. The van der Waals surface area contributed by atoms with Gasteiger partial charge in [0.05, 0.1) is 23.2 Å². The monoisotopic (exact) mass is 358 g/mol. The topological polar surface area (TPSA) is 94.9 Å². The maximum atomic E-state index is 13.8. The van der Waals surface area contributed by atoms with E-state index in [0.717, 1.165) is 16.1 Å². The molecule has 0 aliphatic rings. The summed E-state index contributed by atoms with van der Waals surface area (Å²) in [6.45, 7) is 5.92. The third-order valence-electron chi connectivity index (χ3n) is 3.81. The van der Waals surface area contributed by atoms with Crippen molar-refractivity contribution < 1.29 is 9.18 Å². The Hall–Kier alpha value is -3.30. The Bertz CT molecular complexity index is 981. The minimum absolute atomic E-state index is 0.201. The number of nitrogens with zero attached hydrogens (tertiary/aromatic N) is 7. The predicted molar refractivity (Wildman–Crippen MR) is 92.3 cm³/mol. The summed E-state index contributed by atoms with van der Waals surface area (Å²) in [4.78, 5) is 12.1. The molecule has 10 heteroatoms. The molecule has 1 amide bonds. The summed E-state index contributed by atoms with van der Waals surface area (Å²) in [5, 5.41) is 16.3. The van der Waals surface area contributed by atoms with Gasteiger partial charge in [0, 0.05) is 18.9 Å². The molecule has 0 saturated heterocycles. The molecular formula is C16H19FN8O. The average molecular weight is 358 g/mol. The van der Waals surface area contributed by atoms with Crippen molar-refractivity contribution >= 4 is 12.1 Å². The van der Waals surface area contributed by atoms with Crippen molar-refractivity contribution in [3.8, 4) is 0 Å². The van der Waals surface area contributed by atoms with Gasteiger partial charge in [-0.05, 0) is 32.9 Å². The van der Waals surface area contributed by atoms with E-state index in [1.165, 1.54) is 13.3 Å². The van der Waals surface area contributed by atoms with Gasteiger partial charge in [0.1, 0.15) is 6.67 Å². The van der Waals surface area contributed by atoms with Gasteiger partial charge in [-0.15, -0.1) is 0 Å². The third kappa shape index (κ3) is 3.53. The highest BCUT2D eigenvalue weighted by atomic mass is 19.1. The molecule has 1 N–H and O–H groups in total. The minimum atomic E-state index is -0.519. The number of hydrazone groups is 1. The first-order valence-electron chi connectivity index (χ1n) is 7.92. The van der Waals surface area contributed by atoms with Crippen molar-refractivity contribution in [2.24, 2.45) is 12.1 Å². The highest BCUT2D eigenvalue weighted by molar-refractivity contribution is 5.93. The molecular weight excluding hydrogens is 339 g/mol. The molecule has 3 heterocycles. The minimum Gasteiger partial charge on any atom is -0.265 e. The number of amides is 1. The summed E-state index contributed by atoms with van der Waals surface area (Å²) in [7, 11) is 1.49. The zero-order valence-corrected chi connectivity index (χ0v) is 14.9. The molecule has 3 aromatic heterocycles. The van der Waals surface area contributed by atoms with E-state index in [4.69, 9.17) is 0 Å². The normalized spacial score (nSPS) is 11.4. The number of hydrogen-bond acceptors (Lipinski definition) is 5. The van der Waals surface area contributed by atoms with Crippen molar-refractivity contribution in [2.75, 3.05) is 0 Å². The Balaban J connectivity index is 1.64. The van der Waals surface area contributed by atoms with E-state index in [-0.39, 0.29) is 11.3 Å². The fourth-order valence-corrected chi connectivity index (χ4v) is 2.52. The van der Waals surface area contributed by atoms with Gasteiger partial charge >= 0.3 is 0 Å². The molecule has 0 spiro atoms. The second-order valence-electron chi connectivity index (χ2n) is 5.92. The van der Waals surface area contributed by atoms with E-state index >= 15 is 0 Å². The van der Waals surface area contributed by atoms with Gasteiger partial charge in [-0.2, -0.15) is 24.8 Å². The first kappa shape index (κ1) is 17.5. The number of nitrogens with one attached hydrogen (secondary N) is 1. The molecule has 3 rings (SSSR count). The lowest BCUT2D eigenvalue weighted by Gasteiger charge is -2.04. The molecule has 0 fully saturated rings. The number of aryl methyl sites for hydroxylation is 4. The van der Waals surface area contributed by atoms with Gasteiger partial charge in [-0.3, -0.25) is 9.48 Å². The van der Waals surface area contributed by atoms with Crippen LogP contribution in [0.15, 0.2) is 23.4 Å². The maximum Gasteiger partial charge on any atom is 0.291 e. The molecule has 0 aliphatic carbocycles. The van der Waals surface area contributed by atoms with Crippen LogP contribution < -0.4 is 5.43 Å². The second-order valence-corrected chi connectivity index (χ2v) is 5.92. The quantitative estimate of drug-likeness (QED) is 0.547. The molecule has 0 saturated carbocycles.